The third kappa shape index (κ3) is 4.99. The predicted molar refractivity (Wildman–Crippen MR) is 159 cm³/mol. The summed E-state index contributed by atoms with van der Waals surface area (Å²) in [5.74, 6) is 0. The van der Waals surface area contributed by atoms with Crippen molar-refractivity contribution in [3.05, 3.63) is 156 Å². The molecule has 0 bridgehead atoms. The van der Waals surface area contributed by atoms with Gasteiger partial charge in [0, 0.05) is 0 Å². The Bertz CT molecular complexity index is 1740. The van der Waals surface area contributed by atoms with Crippen LogP contribution in [0.15, 0.2) is 140 Å². The average molecular weight is 486 g/mol. The zero-order valence-electron chi connectivity index (χ0n) is 21.1. The van der Waals surface area contributed by atoms with Crippen LogP contribution in [-0.4, -0.2) is 0 Å². The Hall–Kier alpha value is -4.93. The molecule has 0 atom stereocenters. The van der Waals surface area contributed by atoms with E-state index < -0.39 is 0 Å². The number of hydrogen-bond donors (Lipinski definition) is 0. The first-order chi connectivity index (χ1) is 18.8. The molecule has 1 heteroatoms. The summed E-state index contributed by atoms with van der Waals surface area (Å²) in [6.45, 7) is 0. The predicted octanol–water partition coefficient (Wildman–Crippen LogP) is 9.50. The number of aryl methyl sites for hydroxylation is 2. The summed E-state index contributed by atoms with van der Waals surface area (Å²) < 4.78 is 0. The highest BCUT2D eigenvalue weighted by Crippen LogP contribution is 2.33. The molecule has 38 heavy (non-hydrogen) atoms. The van der Waals surface area contributed by atoms with Gasteiger partial charge in [0.25, 0.3) is 0 Å². The molecule has 0 saturated heterocycles. The summed E-state index contributed by atoms with van der Waals surface area (Å²) in [6, 6.07) is 51.5. The van der Waals surface area contributed by atoms with E-state index in [0.717, 1.165) is 24.0 Å². The molecule has 6 aromatic rings. The van der Waals surface area contributed by atoms with Crippen molar-refractivity contribution in [1.82, 2.24) is 0 Å². The third-order valence-electron chi connectivity index (χ3n) is 7.23. The van der Waals surface area contributed by atoms with Gasteiger partial charge in [0.05, 0.1) is 11.6 Å². The number of nitriles is 1. The molecule has 0 spiro atoms. The minimum atomic E-state index is 0.679. The number of benzene rings is 6. The SMILES string of the molecule is N#Cc1cccc(-c2ccc(-c3cccc4cc(-c5ccc(CCc6ccccc6)cc5)ccc34)cc2)c1. The van der Waals surface area contributed by atoms with Crippen LogP contribution in [0.5, 0.6) is 0 Å². The smallest absolute Gasteiger partial charge is 0.0991 e. The Morgan fingerprint density at radius 2 is 1.05 bits per heavy atom. The monoisotopic (exact) mass is 485 g/mol. The van der Waals surface area contributed by atoms with Crippen LogP contribution in [-0.2, 0) is 12.8 Å². The lowest BCUT2D eigenvalue weighted by atomic mass is 9.93. The van der Waals surface area contributed by atoms with Crippen molar-refractivity contribution in [2.75, 3.05) is 0 Å². The largest absolute Gasteiger partial charge is 0.192 e. The Morgan fingerprint density at radius 1 is 0.447 bits per heavy atom. The lowest BCUT2D eigenvalue weighted by Gasteiger charge is -2.11. The zero-order chi connectivity index (χ0) is 25.7. The molecular formula is C37H27N. The van der Waals surface area contributed by atoms with Crippen LogP contribution >= 0.6 is 0 Å². The molecule has 0 heterocycles. The maximum atomic E-state index is 9.22. The minimum absolute atomic E-state index is 0.679. The first-order valence-electron chi connectivity index (χ1n) is 13.0. The lowest BCUT2D eigenvalue weighted by molar-refractivity contribution is 0.960. The quantitative estimate of drug-likeness (QED) is 0.230. The third-order valence-corrected chi connectivity index (χ3v) is 7.23. The highest BCUT2D eigenvalue weighted by atomic mass is 14.2. The van der Waals surface area contributed by atoms with Gasteiger partial charge in [-0.25, -0.2) is 0 Å². The van der Waals surface area contributed by atoms with Crippen molar-refractivity contribution in [1.29, 1.82) is 5.26 Å². The molecular weight excluding hydrogens is 458 g/mol. The van der Waals surface area contributed by atoms with Crippen LogP contribution in [0.3, 0.4) is 0 Å². The fourth-order valence-electron chi connectivity index (χ4n) is 5.12. The average Bonchev–Trinajstić information content (AvgIpc) is 3.00. The van der Waals surface area contributed by atoms with E-state index in [2.05, 4.69) is 121 Å². The topological polar surface area (TPSA) is 23.8 Å². The van der Waals surface area contributed by atoms with E-state index in [9.17, 15) is 5.26 Å². The second-order valence-electron chi connectivity index (χ2n) is 9.69. The molecule has 0 amide bonds. The van der Waals surface area contributed by atoms with E-state index in [1.54, 1.807) is 0 Å². The van der Waals surface area contributed by atoms with Gasteiger partial charge in [0.15, 0.2) is 0 Å². The molecule has 0 saturated carbocycles. The number of nitrogens with zero attached hydrogens (tertiary/aromatic N) is 1. The first kappa shape index (κ1) is 23.5. The zero-order valence-corrected chi connectivity index (χ0v) is 21.1. The van der Waals surface area contributed by atoms with Gasteiger partial charge in [-0.1, -0.05) is 121 Å². The van der Waals surface area contributed by atoms with Gasteiger partial charge >= 0.3 is 0 Å². The molecule has 6 rings (SSSR count). The standard InChI is InChI=1S/C37H27N/c38-26-29-8-4-9-33(24-29)31-18-20-32(21-19-31)36-11-5-10-35-25-34(22-23-37(35)36)30-16-14-28(15-17-30)13-12-27-6-2-1-3-7-27/h1-11,14-25H,12-13H2. The highest BCUT2D eigenvalue weighted by molar-refractivity contribution is 5.98. The molecule has 180 valence electrons. The van der Waals surface area contributed by atoms with E-state index in [0.29, 0.717) is 5.56 Å². The first-order valence-corrected chi connectivity index (χ1v) is 13.0. The van der Waals surface area contributed by atoms with Crippen LogP contribution in [0, 0.1) is 11.3 Å². The fraction of sp³-hybridized carbons (Fsp3) is 0.0541. The van der Waals surface area contributed by atoms with Crippen LogP contribution in [0.4, 0.5) is 0 Å². The summed E-state index contributed by atoms with van der Waals surface area (Å²) in [6.07, 6.45) is 2.11. The number of hydrogen-bond acceptors (Lipinski definition) is 1. The molecule has 0 aliphatic rings. The van der Waals surface area contributed by atoms with E-state index in [1.807, 2.05) is 24.3 Å². The van der Waals surface area contributed by atoms with E-state index in [1.165, 1.54) is 44.2 Å². The van der Waals surface area contributed by atoms with Crippen molar-refractivity contribution in [3.63, 3.8) is 0 Å². The number of fused-ring (bicyclic) bond motifs is 1. The summed E-state index contributed by atoms with van der Waals surface area (Å²) in [4.78, 5) is 0. The summed E-state index contributed by atoms with van der Waals surface area (Å²) in [5.41, 5.74) is 10.5. The summed E-state index contributed by atoms with van der Waals surface area (Å²) in [7, 11) is 0. The molecule has 0 aliphatic heterocycles. The van der Waals surface area contributed by atoms with Crippen molar-refractivity contribution >= 4 is 10.8 Å². The van der Waals surface area contributed by atoms with Gasteiger partial charge in [0.1, 0.15) is 0 Å². The van der Waals surface area contributed by atoms with Gasteiger partial charge in [-0.15, -0.1) is 0 Å². The minimum Gasteiger partial charge on any atom is -0.192 e. The van der Waals surface area contributed by atoms with Crippen LogP contribution in [0.2, 0.25) is 0 Å². The van der Waals surface area contributed by atoms with Crippen LogP contribution in [0.25, 0.3) is 44.2 Å². The van der Waals surface area contributed by atoms with E-state index in [-0.39, 0.29) is 0 Å². The second-order valence-corrected chi connectivity index (χ2v) is 9.69. The molecule has 1 nitrogen and oxygen atoms in total. The molecule has 0 radical (unpaired) electrons. The number of rotatable bonds is 6. The molecule has 0 unspecified atom stereocenters. The van der Waals surface area contributed by atoms with Gasteiger partial charge in [-0.3, -0.25) is 0 Å². The molecule has 6 aromatic carbocycles. The van der Waals surface area contributed by atoms with E-state index >= 15 is 0 Å². The molecule has 0 aliphatic carbocycles. The Kier molecular flexibility index (Phi) is 6.54. The van der Waals surface area contributed by atoms with Gasteiger partial charge in [-0.2, -0.15) is 5.26 Å². The van der Waals surface area contributed by atoms with Crippen molar-refractivity contribution in [2.24, 2.45) is 0 Å². The van der Waals surface area contributed by atoms with Gasteiger partial charge in [0.2, 0.25) is 0 Å². The summed E-state index contributed by atoms with van der Waals surface area (Å²) in [5, 5.41) is 11.7. The van der Waals surface area contributed by atoms with Gasteiger partial charge in [-0.05, 0) is 86.3 Å². The molecule has 0 N–H and O–H groups in total. The highest BCUT2D eigenvalue weighted by Gasteiger charge is 2.07. The Labute approximate surface area is 224 Å². The Morgan fingerprint density at radius 3 is 1.79 bits per heavy atom. The Balaban J connectivity index is 1.23. The fourth-order valence-corrected chi connectivity index (χ4v) is 5.12. The van der Waals surface area contributed by atoms with Gasteiger partial charge < -0.3 is 0 Å². The lowest BCUT2D eigenvalue weighted by Crippen LogP contribution is -1.91. The van der Waals surface area contributed by atoms with Crippen molar-refractivity contribution in [2.45, 2.75) is 12.8 Å². The molecule has 0 aromatic heterocycles. The maximum absolute atomic E-state index is 9.22. The van der Waals surface area contributed by atoms with E-state index in [4.69, 9.17) is 0 Å². The van der Waals surface area contributed by atoms with Crippen molar-refractivity contribution < 1.29 is 0 Å². The van der Waals surface area contributed by atoms with Crippen LogP contribution < -0.4 is 0 Å². The van der Waals surface area contributed by atoms with Crippen LogP contribution in [0.1, 0.15) is 16.7 Å². The summed E-state index contributed by atoms with van der Waals surface area (Å²) >= 11 is 0. The second kappa shape index (κ2) is 10.6. The normalized spacial score (nSPS) is 10.8. The maximum Gasteiger partial charge on any atom is 0.0991 e. The molecule has 0 fully saturated rings. The van der Waals surface area contributed by atoms with Crippen molar-refractivity contribution in [3.8, 4) is 39.4 Å².